The fourth-order valence-electron chi connectivity index (χ4n) is 6.14. The van der Waals surface area contributed by atoms with Gasteiger partial charge in [-0.2, -0.15) is 0 Å². The Labute approximate surface area is 302 Å². The average Bonchev–Trinajstić information content (AvgIpc) is 3.78. The molecular weight excluding hydrogens is 675 g/mol. The van der Waals surface area contributed by atoms with Crippen molar-refractivity contribution >= 4 is 44.4 Å². The third kappa shape index (κ3) is 7.42. The molecule has 53 heavy (non-hydrogen) atoms. The number of H-pyrrole nitrogens is 1. The van der Waals surface area contributed by atoms with Crippen molar-refractivity contribution in [2.75, 3.05) is 18.5 Å². The van der Waals surface area contributed by atoms with Crippen molar-refractivity contribution in [3.8, 4) is 22.9 Å². The maximum absolute atomic E-state index is 14.0. The number of rotatable bonds is 13. The van der Waals surface area contributed by atoms with E-state index in [9.17, 15) is 14.0 Å². The van der Waals surface area contributed by atoms with Crippen LogP contribution >= 0.6 is 0 Å². The van der Waals surface area contributed by atoms with Gasteiger partial charge in [0, 0.05) is 51.9 Å². The van der Waals surface area contributed by atoms with Crippen molar-refractivity contribution in [2.45, 2.75) is 19.6 Å². The first kappa shape index (κ1) is 33.2. The number of hydrogen-bond donors (Lipinski definition) is 3. The number of halogens is 1. The number of aromatic amines is 1. The smallest absolute Gasteiger partial charge is 0.277 e. The highest BCUT2D eigenvalue weighted by atomic mass is 19.1. The second-order valence-corrected chi connectivity index (χ2v) is 12.4. The van der Waals surface area contributed by atoms with Crippen LogP contribution in [-0.2, 0) is 24.4 Å². The molecular formula is C41H33FN6O5. The Balaban J connectivity index is 0.999. The lowest BCUT2D eigenvalue weighted by Crippen LogP contribution is -2.34. The molecule has 0 aliphatic carbocycles. The number of carbonyl (C=O) groups excluding carboxylic acids is 1. The van der Waals surface area contributed by atoms with E-state index in [1.807, 2.05) is 54.6 Å². The Morgan fingerprint density at radius 1 is 0.830 bits per heavy atom. The first-order valence-corrected chi connectivity index (χ1v) is 17.0. The normalized spacial score (nSPS) is 11.3. The van der Waals surface area contributed by atoms with E-state index in [1.165, 1.54) is 22.9 Å². The van der Waals surface area contributed by atoms with E-state index in [-0.39, 0.29) is 43.7 Å². The van der Waals surface area contributed by atoms with Gasteiger partial charge in [-0.1, -0.05) is 24.3 Å². The Kier molecular flexibility index (Phi) is 9.23. The Morgan fingerprint density at radius 2 is 1.58 bits per heavy atom. The zero-order chi connectivity index (χ0) is 36.1. The summed E-state index contributed by atoms with van der Waals surface area (Å²) in [5.74, 6) is 0.758. The fraction of sp³-hybridized carbons (Fsp3) is 0.122. The number of carbonyl (C=O) groups is 1. The van der Waals surface area contributed by atoms with E-state index in [1.54, 1.807) is 48.8 Å². The van der Waals surface area contributed by atoms with Gasteiger partial charge in [0.15, 0.2) is 0 Å². The van der Waals surface area contributed by atoms with Gasteiger partial charge in [-0.25, -0.2) is 9.37 Å². The van der Waals surface area contributed by atoms with Crippen molar-refractivity contribution in [3.05, 3.63) is 149 Å². The number of hydrogen-bond acceptors (Lipinski definition) is 8. The van der Waals surface area contributed by atoms with Crippen LogP contribution in [0.2, 0.25) is 0 Å². The van der Waals surface area contributed by atoms with Crippen LogP contribution < -0.4 is 25.7 Å². The van der Waals surface area contributed by atoms with Crippen LogP contribution in [-0.4, -0.2) is 38.6 Å². The summed E-state index contributed by atoms with van der Waals surface area (Å²) in [5.41, 5.74) is 4.75. The molecule has 8 rings (SSSR count). The highest BCUT2D eigenvalue weighted by Gasteiger charge is 2.17. The van der Waals surface area contributed by atoms with E-state index in [2.05, 4.69) is 25.6 Å². The van der Waals surface area contributed by atoms with Crippen LogP contribution in [0, 0.1) is 5.82 Å². The molecule has 0 aliphatic rings. The molecule has 11 nitrogen and oxygen atoms in total. The number of fused-ring (bicyclic) bond motifs is 4. The summed E-state index contributed by atoms with van der Waals surface area (Å²) >= 11 is 0. The predicted octanol–water partition coefficient (Wildman–Crippen LogP) is 7.21. The topological polar surface area (TPSA) is 136 Å². The van der Waals surface area contributed by atoms with Gasteiger partial charge < -0.3 is 29.5 Å². The van der Waals surface area contributed by atoms with Gasteiger partial charge in [0.25, 0.3) is 5.56 Å². The van der Waals surface area contributed by atoms with Gasteiger partial charge in [-0.15, -0.1) is 0 Å². The summed E-state index contributed by atoms with van der Waals surface area (Å²) < 4.78 is 31.9. The summed E-state index contributed by atoms with van der Waals surface area (Å²) in [7, 11) is 0. The Bertz CT molecular complexity index is 2580. The van der Waals surface area contributed by atoms with Crippen LogP contribution in [0.15, 0.2) is 131 Å². The van der Waals surface area contributed by atoms with E-state index in [0.29, 0.717) is 29.4 Å². The molecule has 12 heteroatoms. The molecule has 0 atom stereocenters. The highest BCUT2D eigenvalue weighted by molar-refractivity contribution is 6.05. The summed E-state index contributed by atoms with van der Waals surface area (Å²) in [4.78, 5) is 39.4. The van der Waals surface area contributed by atoms with E-state index < -0.39 is 5.56 Å². The van der Waals surface area contributed by atoms with Gasteiger partial charge >= 0.3 is 0 Å². The quantitative estimate of drug-likeness (QED) is 0.107. The number of amides is 1. The van der Waals surface area contributed by atoms with Crippen LogP contribution in [0.4, 0.5) is 10.1 Å². The number of furan rings is 1. The second-order valence-electron chi connectivity index (χ2n) is 12.4. The van der Waals surface area contributed by atoms with Crippen molar-refractivity contribution in [3.63, 3.8) is 0 Å². The number of nitrogens with one attached hydrogen (secondary N) is 3. The number of pyridine rings is 1. The first-order chi connectivity index (χ1) is 26.0. The first-order valence-electron chi connectivity index (χ1n) is 17.0. The molecule has 0 saturated carbocycles. The fourth-order valence-corrected chi connectivity index (χ4v) is 6.14. The molecule has 0 fully saturated rings. The Morgan fingerprint density at radius 3 is 2.38 bits per heavy atom. The highest BCUT2D eigenvalue weighted by Crippen LogP contribution is 2.29. The monoisotopic (exact) mass is 708 g/mol. The maximum Gasteiger partial charge on any atom is 0.277 e. The lowest BCUT2D eigenvalue weighted by Gasteiger charge is -2.15. The second kappa shape index (κ2) is 14.7. The van der Waals surface area contributed by atoms with Gasteiger partial charge in [0.05, 0.1) is 12.7 Å². The molecule has 8 aromatic rings. The molecule has 0 radical (unpaired) electrons. The molecule has 4 aromatic carbocycles. The largest absolute Gasteiger partial charge is 0.490 e. The molecule has 0 spiro atoms. The SMILES string of the molecule is O=C(Cn1c(-c2ccc(OCCOc3ccc(F)cc3)cc2)ncc(NCc2ccc3oc4ccccc4c3c2)c1=O)NCc1cc2cnccc2[nH]1. The summed E-state index contributed by atoms with van der Waals surface area (Å²) in [6, 6.07) is 30.4. The number of benzene rings is 4. The number of anilines is 1. The third-order valence-corrected chi connectivity index (χ3v) is 8.77. The van der Waals surface area contributed by atoms with Crippen molar-refractivity contribution < 1.29 is 23.1 Å². The average molecular weight is 709 g/mol. The van der Waals surface area contributed by atoms with E-state index >= 15 is 0 Å². The Hall–Kier alpha value is -6.95. The number of aromatic nitrogens is 4. The molecule has 0 unspecified atom stereocenters. The van der Waals surface area contributed by atoms with E-state index in [0.717, 1.165) is 44.1 Å². The van der Waals surface area contributed by atoms with Gasteiger partial charge in [0.1, 0.15) is 59.8 Å². The molecule has 4 aromatic heterocycles. The van der Waals surface area contributed by atoms with Crippen molar-refractivity contribution in [2.24, 2.45) is 0 Å². The summed E-state index contributed by atoms with van der Waals surface area (Å²) in [6.07, 6.45) is 4.94. The summed E-state index contributed by atoms with van der Waals surface area (Å²) in [6.45, 7) is 0.858. The van der Waals surface area contributed by atoms with Crippen LogP contribution in [0.1, 0.15) is 11.3 Å². The van der Waals surface area contributed by atoms with Gasteiger partial charge in [0.2, 0.25) is 5.91 Å². The minimum Gasteiger partial charge on any atom is -0.490 e. The van der Waals surface area contributed by atoms with Gasteiger partial charge in [-0.05, 0) is 84.4 Å². The number of para-hydroxylation sites is 1. The molecule has 0 aliphatic heterocycles. The minimum absolute atomic E-state index is 0.241. The van der Waals surface area contributed by atoms with Crippen molar-refractivity contribution in [1.82, 2.24) is 24.8 Å². The number of ether oxygens (including phenoxy) is 2. The maximum atomic E-state index is 14.0. The molecule has 1 amide bonds. The van der Waals surface area contributed by atoms with Crippen LogP contribution in [0.3, 0.4) is 0 Å². The lowest BCUT2D eigenvalue weighted by atomic mass is 10.1. The van der Waals surface area contributed by atoms with E-state index in [4.69, 9.17) is 13.9 Å². The van der Waals surface area contributed by atoms with Crippen LogP contribution in [0.5, 0.6) is 11.5 Å². The summed E-state index contributed by atoms with van der Waals surface area (Å²) in [5, 5.41) is 9.09. The molecule has 264 valence electrons. The predicted molar refractivity (Wildman–Crippen MR) is 200 cm³/mol. The zero-order valence-corrected chi connectivity index (χ0v) is 28.3. The number of nitrogens with zero attached hydrogens (tertiary/aromatic N) is 3. The van der Waals surface area contributed by atoms with Gasteiger partial charge in [-0.3, -0.25) is 19.1 Å². The lowest BCUT2D eigenvalue weighted by molar-refractivity contribution is -0.121. The molecule has 0 saturated heterocycles. The molecule has 0 bridgehead atoms. The standard InChI is InChI=1S/C41H33FN6O5/c42-29-8-12-32(13-9-29)52-18-17-51-31-10-6-27(7-11-31)40-46-24-36(44-21-26-5-14-38-34(19-26)33-3-1-2-4-37(33)53-38)41(50)48(40)25-39(49)45-23-30-20-28-22-43-16-15-35(28)47-30/h1-16,19-20,22,24,44,47H,17-18,21,23,25H2,(H,45,49). The zero-order valence-electron chi connectivity index (χ0n) is 28.3. The van der Waals surface area contributed by atoms with Crippen LogP contribution in [0.25, 0.3) is 44.2 Å². The third-order valence-electron chi connectivity index (χ3n) is 8.77. The minimum atomic E-state index is -0.394. The molecule has 4 heterocycles. The van der Waals surface area contributed by atoms with Crippen molar-refractivity contribution in [1.29, 1.82) is 0 Å². The molecule has 3 N–H and O–H groups in total.